The number of carbonyl (C=O) groups excluding carboxylic acids is 2. The number of halogens is 1. The summed E-state index contributed by atoms with van der Waals surface area (Å²) in [6.07, 6.45) is 0.831. The van der Waals surface area contributed by atoms with Gasteiger partial charge < -0.3 is 10.1 Å². The molecule has 1 heterocycles. The lowest BCUT2D eigenvalue weighted by atomic mass is 10.2. The van der Waals surface area contributed by atoms with Gasteiger partial charge in [0.1, 0.15) is 11.9 Å². The number of benzene rings is 1. The molecule has 7 heteroatoms. The van der Waals surface area contributed by atoms with Gasteiger partial charge in [-0.15, -0.1) is 11.8 Å². The second-order valence-corrected chi connectivity index (χ2v) is 5.22. The van der Waals surface area contributed by atoms with Gasteiger partial charge in [0.05, 0.1) is 18.8 Å². The van der Waals surface area contributed by atoms with Crippen LogP contribution in [0, 0.1) is 5.82 Å². The van der Waals surface area contributed by atoms with Crippen molar-refractivity contribution in [1.29, 1.82) is 0 Å². The lowest BCUT2D eigenvalue weighted by Crippen LogP contribution is -2.33. The van der Waals surface area contributed by atoms with Gasteiger partial charge in [-0.05, 0) is 24.5 Å². The molecular formula is C13H15FN2O3S. The second-order valence-electron chi connectivity index (χ2n) is 4.37. The van der Waals surface area contributed by atoms with Gasteiger partial charge in [0.25, 0.3) is 0 Å². The Balaban J connectivity index is 2.07. The van der Waals surface area contributed by atoms with Crippen molar-refractivity contribution < 1.29 is 18.7 Å². The lowest BCUT2D eigenvalue weighted by Gasteiger charge is -2.14. The monoisotopic (exact) mass is 298 g/mol. The van der Waals surface area contributed by atoms with Crippen LogP contribution in [0.5, 0.6) is 0 Å². The third kappa shape index (κ3) is 3.22. The molecule has 1 aliphatic rings. The maximum absolute atomic E-state index is 13.7. The topological polar surface area (TPSA) is 58.6 Å². The molecule has 1 fully saturated rings. The van der Waals surface area contributed by atoms with Crippen molar-refractivity contribution in [3.63, 3.8) is 0 Å². The van der Waals surface area contributed by atoms with Gasteiger partial charge in [0.2, 0.25) is 5.91 Å². The largest absolute Gasteiger partial charge is 0.442 e. The minimum absolute atomic E-state index is 0.185. The fourth-order valence-corrected chi connectivity index (χ4v) is 2.38. The highest BCUT2D eigenvalue weighted by atomic mass is 32.2. The van der Waals surface area contributed by atoms with Gasteiger partial charge in [-0.2, -0.15) is 0 Å². The average molecular weight is 298 g/mol. The number of rotatable bonds is 4. The van der Waals surface area contributed by atoms with Gasteiger partial charge in [-0.25, -0.2) is 9.18 Å². The molecule has 0 bridgehead atoms. The van der Waals surface area contributed by atoms with Crippen LogP contribution >= 0.6 is 11.8 Å². The van der Waals surface area contributed by atoms with Crippen LogP contribution in [-0.4, -0.2) is 37.4 Å². The predicted octanol–water partition coefficient (Wildman–Crippen LogP) is 2.01. The SMILES string of the molecule is CSc1ccc(N2C[C@H](CNC(C)=O)OC2=O)cc1F. The molecule has 0 aromatic heterocycles. The molecule has 1 atom stereocenters. The van der Waals surface area contributed by atoms with Crippen LogP contribution in [0.2, 0.25) is 0 Å². The van der Waals surface area contributed by atoms with Gasteiger partial charge in [-0.1, -0.05) is 0 Å². The summed E-state index contributed by atoms with van der Waals surface area (Å²) in [5.41, 5.74) is 0.454. The number of ether oxygens (including phenoxy) is 1. The van der Waals surface area contributed by atoms with Crippen molar-refractivity contribution in [3.05, 3.63) is 24.0 Å². The molecule has 1 saturated heterocycles. The zero-order chi connectivity index (χ0) is 14.7. The highest BCUT2D eigenvalue weighted by molar-refractivity contribution is 7.98. The summed E-state index contributed by atoms with van der Waals surface area (Å²) in [5, 5.41) is 2.59. The zero-order valence-electron chi connectivity index (χ0n) is 11.2. The molecule has 0 saturated carbocycles. The Bertz CT molecular complexity index is 538. The Morgan fingerprint density at radius 1 is 1.60 bits per heavy atom. The molecule has 0 radical (unpaired) electrons. The number of nitrogens with zero attached hydrogens (tertiary/aromatic N) is 1. The lowest BCUT2D eigenvalue weighted by molar-refractivity contribution is -0.119. The molecule has 0 aliphatic carbocycles. The summed E-state index contributed by atoms with van der Waals surface area (Å²) >= 11 is 1.30. The number of amides is 2. The minimum atomic E-state index is -0.531. The maximum Gasteiger partial charge on any atom is 0.414 e. The van der Waals surface area contributed by atoms with E-state index in [-0.39, 0.29) is 24.8 Å². The van der Waals surface area contributed by atoms with E-state index in [9.17, 15) is 14.0 Å². The molecule has 108 valence electrons. The molecule has 0 spiro atoms. The fourth-order valence-electron chi connectivity index (χ4n) is 1.92. The van der Waals surface area contributed by atoms with Crippen molar-refractivity contribution in [2.75, 3.05) is 24.2 Å². The van der Waals surface area contributed by atoms with Gasteiger partial charge in [0.15, 0.2) is 0 Å². The standard InChI is InChI=1S/C13H15FN2O3S/c1-8(17)15-6-10-7-16(13(18)19-10)9-3-4-12(20-2)11(14)5-9/h3-5,10H,6-7H2,1-2H3,(H,15,17)/t10-/m0/s1. The zero-order valence-corrected chi connectivity index (χ0v) is 12.0. The van der Waals surface area contributed by atoms with Crippen LogP contribution in [0.4, 0.5) is 14.9 Å². The third-order valence-corrected chi connectivity index (χ3v) is 3.67. The Hall–Kier alpha value is -1.76. The summed E-state index contributed by atoms with van der Waals surface area (Å²) in [7, 11) is 0. The van der Waals surface area contributed by atoms with E-state index in [2.05, 4.69) is 5.32 Å². The van der Waals surface area contributed by atoms with Crippen molar-refractivity contribution >= 4 is 29.4 Å². The van der Waals surface area contributed by atoms with E-state index >= 15 is 0 Å². The molecule has 1 aromatic rings. The molecule has 2 amide bonds. The Morgan fingerprint density at radius 2 is 2.35 bits per heavy atom. The smallest absolute Gasteiger partial charge is 0.414 e. The maximum atomic E-state index is 13.7. The van der Waals surface area contributed by atoms with Crippen LogP contribution in [0.15, 0.2) is 23.1 Å². The van der Waals surface area contributed by atoms with Crippen LogP contribution in [0.1, 0.15) is 6.92 Å². The highest BCUT2D eigenvalue weighted by Crippen LogP contribution is 2.27. The molecule has 1 aliphatic heterocycles. The number of thioether (sulfide) groups is 1. The van der Waals surface area contributed by atoms with Crippen molar-refractivity contribution in [2.24, 2.45) is 0 Å². The summed E-state index contributed by atoms with van der Waals surface area (Å²) < 4.78 is 18.8. The number of hydrogen-bond donors (Lipinski definition) is 1. The second kappa shape index (κ2) is 6.13. The fraction of sp³-hybridized carbons (Fsp3) is 0.385. The third-order valence-electron chi connectivity index (χ3n) is 2.90. The summed E-state index contributed by atoms with van der Waals surface area (Å²) in [6.45, 7) is 1.94. The molecule has 0 unspecified atom stereocenters. The van der Waals surface area contributed by atoms with E-state index in [1.807, 2.05) is 0 Å². The Labute approximate surface area is 120 Å². The number of anilines is 1. The van der Waals surface area contributed by atoms with E-state index in [1.165, 1.54) is 29.7 Å². The van der Waals surface area contributed by atoms with Crippen molar-refractivity contribution in [1.82, 2.24) is 5.32 Å². The number of nitrogens with one attached hydrogen (secondary N) is 1. The molecule has 2 rings (SSSR count). The molecule has 5 nitrogen and oxygen atoms in total. The summed E-state index contributed by atoms with van der Waals surface area (Å²) in [6, 6.07) is 4.62. The Kier molecular flexibility index (Phi) is 4.49. The first kappa shape index (κ1) is 14.6. The van der Waals surface area contributed by atoms with E-state index in [1.54, 1.807) is 18.4 Å². The quantitative estimate of drug-likeness (QED) is 0.864. The normalized spacial score (nSPS) is 18.1. The number of cyclic esters (lactones) is 1. The molecule has 1 N–H and O–H groups in total. The van der Waals surface area contributed by atoms with Crippen LogP contribution in [0.25, 0.3) is 0 Å². The van der Waals surface area contributed by atoms with Crippen molar-refractivity contribution in [3.8, 4) is 0 Å². The van der Waals surface area contributed by atoms with Gasteiger partial charge in [0, 0.05) is 11.8 Å². The van der Waals surface area contributed by atoms with E-state index < -0.39 is 12.2 Å². The first-order valence-electron chi connectivity index (χ1n) is 6.07. The summed E-state index contributed by atoms with van der Waals surface area (Å²) in [4.78, 5) is 24.5. The van der Waals surface area contributed by atoms with Crippen LogP contribution < -0.4 is 10.2 Å². The Morgan fingerprint density at radius 3 is 2.95 bits per heavy atom. The van der Waals surface area contributed by atoms with Gasteiger partial charge in [-0.3, -0.25) is 9.69 Å². The first-order valence-corrected chi connectivity index (χ1v) is 7.30. The van der Waals surface area contributed by atoms with E-state index in [0.29, 0.717) is 10.6 Å². The highest BCUT2D eigenvalue weighted by Gasteiger charge is 2.32. The number of hydrogen-bond acceptors (Lipinski definition) is 4. The number of carbonyl (C=O) groups is 2. The first-order chi connectivity index (χ1) is 9.51. The van der Waals surface area contributed by atoms with E-state index in [0.717, 1.165) is 0 Å². The van der Waals surface area contributed by atoms with Crippen LogP contribution in [-0.2, 0) is 9.53 Å². The minimum Gasteiger partial charge on any atom is -0.442 e. The molecule has 20 heavy (non-hydrogen) atoms. The average Bonchev–Trinajstić information content (AvgIpc) is 2.77. The van der Waals surface area contributed by atoms with Crippen LogP contribution in [0.3, 0.4) is 0 Å². The molecular weight excluding hydrogens is 283 g/mol. The van der Waals surface area contributed by atoms with E-state index in [4.69, 9.17) is 4.74 Å². The predicted molar refractivity (Wildman–Crippen MR) is 74.5 cm³/mol. The molecule has 1 aromatic carbocycles. The van der Waals surface area contributed by atoms with Crippen molar-refractivity contribution in [2.45, 2.75) is 17.9 Å². The van der Waals surface area contributed by atoms with Gasteiger partial charge >= 0.3 is 6.09 Å². The summed E-state index contributed by atoms with van der Waals surface area (Å²) in [5.74, 6) is -0.553.